The first-order valence-corrected chi connectivity index (χ1v) is 9.24. The molecule has 27 heavy (non-hydrogen) atoms. The number of hydrogen-bond acceptors (Lipinski definition) is 1. The second-order valence-corrected chi connectivity index (χ2v) is 7.09. The average Bonchev–Trinajstić information content (AvgIpc) is 3.02. The Kier molecular flexibility index (Phi) is 3.66. The van der Waals surface area contributed by atoms with E-state index in [1.807, 2.05) is 36.4 Å². The van der Waals surface area contributed by atoms with E-state index in [9.17, 15) is 0 Å². The zero-order chi connectivity index (χ0) is 18.4. The Morgan fingerprint density at radius 1 is 0.667 bits per heavy atom. The van der Waals surface area contributed by atoms with Crippen LogP contribution in [0.3, 0.4) is 0 Å². The molecular weight excluding hydrogens is 352 g/mol. The molecule has 0 fully saturated rings. The molecule has 1 heterocycles. The third kappa shape index (κ3) is 2.57. The van der Waals surface area contributed by atoms with Gasteiger partial charge in [0.25, 0.3) is 0 Å². The zero-order valence-electron chi connectivity index (χ0n) is 14.6. The molecule has 0 radical (unpaired) electrons. The van der Waals surface area contributed by atoms with E-state index in [-0.39, 0.29) is 0 Å². The molecule has 1 aromatic heterocycles. The Balaban J connectivity index is 1.87. The van der Waals surface area contributed by atoms with Crippen molar-refractivity contribution in [3.8, 4) is 16.8 Å². The Hall–Kier alpha value is -3.23. The van der Waals surface area contributed by atoms with E-state index in [1.54, 1.807) is 0 Å². The molecule has 0 bridgehead atoms. The van der Waals surface area contributed by atoms with Gasteiger partial charge in [-0.1, -0.05) is 54.1 Å². The monoisotopic (exact) mass is 368 g/mol. The molecule has 130 valence electrons. The summed E-state index contributed by atoms with van der Waals surface area (Å²) in [5.74, 6) is 0. The van der Waals surface area contributed by atoms with Crippen molar-refractivity contribution >= 4 is 39.1 Å². The van der Waals surface area contributed by atoms with Gasteiger partial charge in [0.1, 0.15) is 0 Å². The van der Waals surface area contributed by atoms with Gasteiger partial charge in [-0.15, -0.1) is 0 Å². The number of halogens is 1. The van der Waals surface area contributed by atoms with Gasteiger partial charge >= 0.3 is 0 Å². The molecular formula is C24H17ClN2. The number of hydrogen-bond donors (Lipinski definition) is 1. The lowest BCUT2D eigenvalue weighted by Gasteiger charge is -2.09. The van der Waals surface area contributed by atoms with Crippen molar-refractivity contribution < 1.29 is 0 Å². The summed E-state index contributed by atoms with van der Waals surface area (Å²) in [5.41, 5.74) is 12.5. The minimum Gasteiger partial charge on any atom is -0.398 e. The van der Waals surface area contributed by atoms with Gasteiger partial charge in [-0.2, -0.15) is 0 Å². The summed E-state index contributed by atoms with van der Waals surface area (Å²) in [6.07, 6.45) is 0. The molecule has 0 aliphatic heterocycles. The van der Waals surface area contributed by atoms with Crippen LogP contribution >= 0.6 is 11.6 Å². The first-order chi connectivity index (χ1) is 13.2. The van der Waals surface area contributed by atoms with Crippen LogP contribution in [0.15, 0.2) is 91.0 Å². The number of nitrogen functional groups attached to an aromatic ring is 1. The predicted molar refractivity (Wildman–Crippen MR) is 116 cm³/mol. The van der Waals surface area contributed by atoms with Gasteiger partial charge in [0, 0.05) is 32.7 Å². The van der Waals surface area contributed by atoms with Crippen molar-refractivity contribution in [2.24, 2.45) is 0 Å². The van der Waals surface area contributed by atoms with Crippen LogP contribution in [0.1, 0.15) is 0 Å². The van der Waals surface area contributed by atoms with Crippen molar-refractivity contribution in [2.45, 2.75) is 0 Å². The topological polar surface area (TPSA) is 30.9 Å². The van der Waals surface area contributed by atoms with E-state index >= 15 is 0 Å². The first kappa shape index (κ1) is 16.0. The maximum absolute atomic E-state index is 6.33. The highest BCUT2D eigenvalue weighted by Gasteiger charge is 2.14. The minimum absolute atomic E-state index is 0.735. The molecule has 5 aromatic rings. The van der Waals surface area contributed by atoms with Crippen LogP contribution in [0.5, 0.6) is 0 Å². The number of para-hydroxylation sites is 2. The van der Waals surface area contributed by atoms with Gasteiger partial charge in [-0.05, 0) is 54.1 Å². The van der Waals surface area contributed by atoms with E-state index in [0.29, 0.717) is 0 Å². The lowest BCUT2D eigenvalue weighted by molar-refractivity contribution is 1.18. The number of fused-ring (bicyclic) bond motifs is 3. The number of aromatic nitrogens is 1. The standard InChI is InChI=1S/C24H17ClN2/c25-17-11-13-24-21(15-17)20-14-16(19-8-4-5-9-22(19)26)10-12-23(20)27(24)18-6-2-1-3-7-18/h1-15H,26H2. The van der Waals surface area contributed by atoms with E-state index in [2.05, 4.69) is 59.2 Å². The molecule has 0 atom stereocenters. The SMILES string of the molecule is Nc1ccccc1-c1ccc2c(c1)c1cc(Cl)ccc1n2-c1ccccc1. The molecule has 0 spiro atoms. The second-order valence-electron chi connectivity index (χ2n) is 6.65. The first-order valence-electron chi connectivity index (χ1n) is 8.86. The molecule has 0 unspecified atom stereocenters. The summed E-state index contributed by atoms with van der Waals surface area (Å²) in [6, 6.07) is 30.9. The second kappa shape index (κ2) is 6.19. The van der Waals surface area contributed by atoms with Crippen LogP contribution < -0.4 is 5.73 Å². The lowest BCUT2D eigenvalue weighted by Crippen LogP contribution is -1.93. The van der Waals surface area contributed by atoms with E-state index in [1.165, 1.54) is 0 Å². The van der Waals surface area contributed by atoms with E-state index in [4.69, 9.17) is 17.3 Å². The smallest absolute Gasteiger partial charge is 0.0542 e. The fraction of sp³-hybridized carbons (Fsp3) is 0. The summed E-state index contributed by atoms with van der Waals surface area (Å²) in [5, 5.41) is 3.04. The third-order valence-electron chi connectivity index (χ3n) is 5.01. The molecule has 5 rings (SSSR count). The van der Waals surface area contributed by atoms with E-state index in [0.717, 1.165) is 49.3 Å². The highest BCUT2D eigenvalue weighted by atomic mass is 35.5. The summed E-state index contributed by atoms with van der Waals surface area (Å²) in [4.78, 5) is 0. The maximum atomic E-state index is 6.33. The van der Waals surface area contributed by atoms with Crippen LogP contribution in [0.25, 0.3) is 38.6 Å². The normalized spacial score (nSPS) is 11.3. The number of rotatable bonds is 2. The molecule has 4 aromatic carbocycles. The lowest BCUT2D eigenvalue weighted by atomic mass is 10.0. The van der Waals surface area contributed by atoms with E-state index < -0.39 is 0 Å². The van der Waals surface area contributed by atoms with Gasteiger partial charge in [0.2, 0.25) is 0 Å². The van der Waals surface area contributed by atoms with Crippen molar-refractivity contribution in [1.82, 2.24) is 4.57 Å². The van der Waals surface area contributed by atoms with Crippen LogP contribution in [0, 0.1) is 0 Å². The van der Waals surface area contributed by atoms with Crippen molar-refractivity contribution in [2.75, 3.05) is 5.73 Å². The minimum atomic E-state index is 0.735. The molecule has 0 saturated heterocycles. The van der Waals surface area contributed by atoms with Gasteiger partial charge in [0.15, 0.2) is 0 Å². The number of nitrogens with two attached hydrogens (primary N) is 1. The largest absolute Gasteiger partial charge is 0.398 e. The Morgan fingerprint density at radius 2 is 1.33 bits per heavy atom. The zero-order valence-corrected chi connectivity index (χ0v) is 15.3. The quantitative estimate of drug-likeness (QED) is 0.346. The number of anilines is 1. The van der Waals surface area contributed by atoms with Crippen molar-refractivity contribution in [3.05, 3.63) is 96.0 Å². The van der Waals surface area contributed by atoms with Crippen molar-refractivity contribution in [3.63, 3.8) is 0 Å². The van der Waals surface area contributed by atoms with Crippen LogP contribution in [-0.4, -0.2) is 4.57 Å². The summed E-state index contributed by atoms with van der Waals surface area (Å²) in [6.45, 7) is 0. The Labute approximate surface area is 162 Å². The molecule has 3 heteroatoms. The highest BCUT2D eigenvalue weighted by Crippen LogP contribution is 2.37. The molecule has 0 aliphatic carbocycles. The number of nitrogens with zero attached hydrogens (tertiary/aromatic N) is 1. The molecule has 2 nitrogen and oxygen atoms in total. The molecule has 2 N–H and O–H groups in total. The van der Waals surface area contributed by atoms with Crippen LogP contribution in [0.2, 0.25) is 5.02 Å². The molecule has 0 aliphatic rings. The highest BCUT2D eigenvalue weighted by molar-refractivity contribution is 6.32. The van der Waals surface area contributed by atoms with Crippen molar-refractivity contribution in [1.29, 1.82) is 0 Å². The summed E-state index contributed by atoms with van der Waals surface area (Å²) >= 11 is 6.33. The summed E-state index contributed by atoms with van der Waals surface area (Å²) < 4.78 is 2.28. The van der Waals surface area contributed by atoms with Gasteiger partial charge < -0.3 is 10.3 Å². The summed E-state index contributed by atoms with van der Waals surface area (Å²) in [7, 11) is 0. The van der Waals surface area contributed by atoms with Crippen LogP contribution in [-0.2, 0) is 0 Å². The molecule has 0 amide bonds. The third-order valence-corrected chi connectivity index (χ3v) is 5.25. The fourth-order valence-corrected chi connectivity index (χ4v) is 3.95. The van der Waals surface area contributed by atoms with Gasteiger partial charge in [-0.3, -0.25) is 0 Å². The van der Waals surface area contributed by atoms with Crippen LogP contribution in [0.4, 0.5) is 5.69 Å². The number of benzene rings is 4. The Morgan fingerprint density at radius 3 is 2.11 bits per heavy atom. The van der Waals surface area contributed by atoms with Gasteiger partial charge in [0.05, 0.1) is 11.0 Å². The molecule has 0 saturated carbocycles. The average molecular weight is 369 g/mol. The fourth-order valence-electron chi connectivity index (χ4n) is 3.78. The predicted octanol–water partition coefficient (Wildman–Crippen LogP) is 6.69. The maximum Gasteiger partial charge on any atom is 0.0542 e. The Bertz CT molecular complexity index is 1290. The van der Waals surface area contributed by atoms with Gasteiger partial charge in [-0.25, -0.2) is 0 Å².